The van der Waals surface area contributed by atoms with Gasteiger partial charge in [-0.15, -0.1) is 0 Å². The zero-order chi connectivity index (χ0) is 15.1. The van der Waals surface area contributed by atoms with Crippen LogP contribution >= 0.6 is 22.6 Å². The molecule has 20 heavy (non-hydrogen) atoms. The molecule has 110 valence electrons. The Morgan fingerprint density at radius 3 is 2.50 bits per heavy atom. The SMILES string of the molecule is COCc1nc2c(OC)c(I)c(C(F)(F)F)cc2n1C. The van der Waals surface area contributed by atoms with Crippen LogP contribution in [0.4, 0.5) is 13.2 Å². The number of hydrogen-bond acceptors (Lipinski definition) is 3. The van der Waals surface area contributed by atoms with Crippen molar-refractivity contribution in [2.45, 2.75) is 12.8 Å². The minimum absolute atomic E-state index is 0.00664. The van der Waals surface area contributed by atoms with E-state index in [0.29, 0.717) is 16.9 Å². The second kappa shape index (κ2) is 5.40. The Labute approximate surface area is 127 Å². The van der Waals surface area contributed by atoms with Crippen molar-refractivity contribution in [3.8, 4) is 5.75 Å². The molecule has 1 aromatic heterocycles. The molecular formula is C12H12F3IN2O2. The van der Waals surface area contributed by atoms with Crippen LogP contribution < -0.4 is 4.74 Å². The molecule has 4 nitrogen and oxygen atoms in total. The normalized spacial score (nSPS) is 12.2. The lowest BCUT2D eigenvalue weighted by Crippen LogP contribution is -2.09. The molecule has 0 radical (unpaired) electrons. The largest absolute Gasteiger partial charge is 0.493 e. The van der Waals surface area contributed by atoms with E-state index in [2.05, 4.69) is 4.98 Å². The van der Waals surface area contributed by atoms with Gasteiger partial charge in [0.15, 0.2) is 5.75 Å². The summed E-state index contributed by atoms with van der Waals surface area (Å²) in [5.41, 5.74) is 0.0375. The molecule has 0 N–H and O–H groups in total. The van der Waals surface area contributed by atoms with Crippen LogP contribution in [0.2, 0.25) is 0 Å². The van der Waals surface area contributed by atoms with Crippen LogP contribution in [0.15, 0.2) is 6.07 Å². The minimum Gasteiger partial charge on any atom is -0.493 e. The highest BCUT2D eigenvalue weighted by molar-refractivity contribution is 14.1. The molecule has 0 bridgehead atoms. The van der Waals surface area contributed by atoms with E-state index in [9.17, 15) is 13.2 Å². The van der Waals surface area contributed by atoms with Gasteiger partial charge in [-0.3, -0.25) is 0 Å². The number of aromatic nitrogens is 2. The third-order valence-corrected chi connectivity index (χ3v) is 4.02. The van der Waals surface area contributed by atoms with E-state index >= 15 is 0 Å². The molecule has 1 aromatic carbocycles. The molecule has 0 saturated carbocycles. The lowest BCUT2D eigenvalue weighted by molar-refractivity contribution is -0.138. The van der Waals surface area contributed by atoms with Gasteiger partial charge in [0.2, 0.25) is 0 Å². The molecule has 0 aliphatic carbocycles. The zero-order valence-electron chi connectivity index (χ0n) is 11.0. The Morgan fingerprint density at radius 1 is 1.35 bits per heavy atom. The summed E-state index contributed by atoms with van der Waals surface area (Å²) < 4.78 is 50.9. The highest BCUT2D eigenvalue weighted by atomic mass is 127. The summed E-state index contributed by atoms with van der Waals surface area (Å²) in [5, 5.41) is 0. The predicted molar refractivity (Wildman–Crippen MR) is 75.7 cm³/mol. The van der Waals surface area contributed by atoms with E-state index < -0.39 is 11.7 Å². The van der Waals surface area contributed by atoms with E-state index in [0.717, 1.165) is 6.07 Å². The number of alkyl halides is 3. The second-order valence-corrected chi connectivity index (χ2v) is 5.24. The Hall–Kier alpha value is -1.03. The zero-order valence-corrected chi connectivity index (χ0v) is 13.2. The van der Waals surface area contributed by atoms with Crippen LogP contribution in [-0.2, 0) is 24.6 Å². The Kier molecular flexibility index (Phi) is 4.14. The van der Waals surface area contributed by atoms with Gasteiger partial charge < -0.3 is 14.0 Å². The molecular weight excluding hydrogens is 388 g/mol. The van der Waals surface area contributed by atoms with Crippen LogP contribution in [0.25, 0.3) is 11.0 Å². The van der Waals surface area contributed by atoms with Gasteiger partial charge in [0.25, 0.3) is 0 Å². The van der Waals surface area contributed by atoms with Crippen molar-refractivity contribution >= 4 is 33.6 Å². The van der Waals surface area contributed by atoms with Crippen molar-refractivity contribution in [1.29, 1.82) is 0 Å². The fraction of sp³-hybridized carbons (Fsp3) is 0.417. The van der Waals surface area contributed by atoms with Gasteiger partial charge in [-0.2, -0.15) is 13.2 Å². The number of nitrogens with zero attached hydrogens (tertiary/aromatic N) is 2. The van der Waals surface area contributed by atoms with Crippen molar-refractivity contribution in [2.75, 3.05) is 14.2 Å². The number of rotatable bonds is 3. The number of aryl methyl sites for hydroxylation is 1. The number of imidazole rings is 1. The van der Waals surface area contributed by atoms with Gasteiger partial charge in [0.1, 0.15) is 17.9 Å². The lowest BCUT2D eigenvalue weighted by atomic mass is 10.1. The van der Waals surface area contributed by atoms with E-state index in [1.807, 2.05) is 0 Å². The first kappa shape index (κ1) is 15.4. The number of hydrogen-bond donors (Lipinski definition) is 0. The van der Waals surface area contributed by atoms with Crippen molar-refractivity contribution < 1.29 is 22.6 Å². The van der Waals surface area contributed by atoms with Crippen molar-refractivity contribution in [3.05, 3.63) is 21.0 Å². The molecule has 0 saturated heterocycles. The number of benzene rings is 1. The number of halogens is 4. The van der Waals surface area contributed by atoms with Gasteiger partial charge in [-0.25, -0.2) is 4.98 Å². The molecule has 0 aliphatic heterocycles. The molecule has 0 spiro atoms. The van der Waals surface area contributed by atoms with Crippen LogP contribution in [0.1, 0.15) is 11.4 Å². The topological polar surface area (TPSA) is 36.3 Å². The van der Waals surface area contributed by atoms with Crippen molar-refractivity contribution in [2.24, 2.45) is 7.05 Å². The Morgan fingerprint density at radius 2 is 2.00 bits per heavy atom. The highest BCUT2D eigenvalue weighted by Gasteiger charge is 2.36. The van der Waals surface area contributed by atoms with Gasteiger partial charge in [0, 0.05) is 14.2 Å². The van der Waals surface area contributed by atoms with Gasteiger partial charge in [-0.05, 0) is 28.7 Å². The van der Waals surface area contributed by atoms with Gasteiger partial charge in [0.05, 0.1) is 21.8 Å². The van der Waals surface area contributed by atoms with Crippen molar-refractivity contribution in [3.63, 3.8) is 0 Å². The van der Waals surface area contributed by atoms with Gasteiger partial charge in [-0.1, -0.05) is 0 Å². The average Bonchev–Trinajstić information content (AvgIpc) is 2.65. The van der Waals surface area contributed by atoms with Crippen LogP contribution in [0, 0.1) is 3.57 Å². The summed E-state index contributed by atoms with van der Waals surface area (Å²) in [7, 11) is 4.49. The van der Waals surface area contributed by atoms with Crippen LogP contribution in [0.3, 0.4) is 0 Å². The summed E-state index contributed by atoms with van der Waals surface area (Å²) in [6.45, 7) is 0.215. The molecule has 0 aliphatic rings. The lowest BCUT2D eigenvalue weighted by Gasteiger charge is -2.13. The smallest absolute Gasteiger partial charge is 0.417 e. The van der Waals surface area contributed by atoms with E-state index in [1.165, 1.54) is 14.2 Å². The highest BCUT2D eigenvalue weighted by Crippen LogP contribution is 2.41. The first-order valence-electron chi connectivity index (χ1n) is 5.59. The Balaban J connectivity index is 2.82. The first-order valence-corrected chi connectivity index (χ1v) is 6.67. The maximum absolute atomic E-state index is 13.1. The molecule has 0 amide bonds. The minimum atomic E-state index is -4.44. The Bertz CT molecular complexity index is 652. The van der Waals surface area contributed by atoms with Gasteiger partial charge >= 0.3 is 6.18 Å². The summed E-state index contributed by atoms with van der Waals surface area (Å²) >= 11 is 1.63. The molecule has 0 unspecified atom stereocenters. The number of fused-ring (bicyclic) bond motifs is 1. The first-order chi connectivity index (χ1) is 9.31. The number of methoxy groups -OCH3 is 2. The molecule has 8 heteroatoms. The van der Waals surface area contributed by atoms with Crippen LogP contribution in [-0.4, -0.2) is 23.8 Å². The third kappa shape index (κ3) is 2.46. The maximum Gasteiger partial charge on any atom is 0.417 e. The van der Waals surface area contributed by atoms with E-state index in [4.69, 9.17) is 9.47 Å². The third-order valence-electron chi connectivity index (χ3n) is 2.95. The van der Waals surface area contributed by atoms with Crippen LogP contribution in [0.5, 0.6) is 5.75 Å². The van der Waals surface area contributed by atoms with E-state index in [1.54, 1.807) is 34.2 Å². The van der Waals surface area contributed by atoms with Crippen molar-refractivity contribution in [1.82, 2.24) is 9.55 Å². The molecule has 0 atom stereocenters. The number of ether oxygens (including phenoxy) is 2. The average molecular weight is 400 g/mol. The summed E-state index contributed by atoms with van der Waals surface area (Å²) in [6.07, 6.45) is -4.44. The van der Waals surface area contributed by atoms with E-state index in [-0.39, 0.29) is 15.9 Å². The molecule has 2 rings (SSSR count). The monoisotopic (exact) mass is 400 g/mol. The summed E-state index contributed by atoms with van der Waals surface area (Å²) in [6, 6.07) is 1.09. The summed E-state index contributed by atoms with van der Waals surface area (Å²) in [4.78, 5) is 4.30. The fourth-order valence-corrected chi connectivity index (χ4v) is 2.91. The second-order valence-electron chi connectivity index (χ2n) is 4.16. The molecule has 2 aromatic rings. The quantitative estimate of drug-likeness (QED) is 0.742. The predicted octanol–water partition coefficient (Wildman–Crippen LogP) is 3.35. The standard InChI is InChI=1S/C12H12F3IN2O2/c1-18-7-4-6(12(13,14)15)9(16)11(20-3)10(7)17-8(18)5-19-2/h4H,5H2,1-3H3. The maximum atomic E-state index is 13.1. The molecule has 1 heterocycles. The molecule has 0 fully saturated rings. The fourth-order valence-electron chi connectivity index (χ4n) is 1.97. The summed E-state index contributed by atoms with van der Waals surface area (Å²) in [5.74, 6) is 0.671.